The van der Waals surface area contributed by atoms with Gasteiger partial charge in [0.05, 0.1) is 10.7 Å². The molecule has 0 radical (unpaired) electrons. The van der Waals surface area contributed by atoms with Crippen LogP contribution in [0.15, 0.2) is 30.3 Å². The summed E-state index contributed by atoms with van der Waals surface area (Å²) in [6.07, 6.45) is 9.42. The molecule has 1 aliphatic rings. The van der Waals surface area contributed by atoms with E-state index in [2.05, 4.69) is 22.4 Å². The number of amides is 1. The highest BCUT2D eigenvalue weighted by atomic mass is 32.1. The molecule has 3 nitrogen and oxygen atoms in total. The van der Waals surface area contributed by atoms with Gasteiger partial charge < -0.3 is 5.32 Å². The molecule has 1 aromatic heterocycles. The van der Waals surface area contributed by atoms with Gasteiger partial charge in [0, 0.05) is 12.5 Å². The van der Waals surface area contributed by atoms with E-state index in [0.29, 0.717) is 6.04 Å². The van der Waals surface area contributed by atoms with Gasteiger partial charge in [-0.2, -0.15) is 0 Å². The Hall–Kier alpha value is -1.68. The fourth-order valence-electron chi connectivity index (χ4n) is 3.36. The molecule has 1 heterocycles. The maximum atomic E-state index is 12.7. The Balaban J connectivity index is 1.64. The fourth-order valence-corrected chi connectivity index (χ4v) is 4.36. The van der Waals surface area contributed by atoms with Crippen molar-refractivity contribution in [3.8, 4) is 0 Å². The van der Waals surface area contributed by atoms with Crippen molar-refractivity contribution in [1.82, 2.24) is 10.3 Å². The molecule has 0 aliphatic heterocycles. The van der Waals surface area contributed by atoms with E-state index in [1.54, 1.807) is 0 Å². The molecule has 0 spiro atoms. The number of aromatic nitrogens is 1. The summed E-state index contributed by atoms with van der Waals surface area (Å²) in [4.78, 5) is 18.0. The van der Waals surface area contributed by atoms with Crippen LogP contribution in [0.1, 0.15) is 70.9 Å². The Bertz CT molecular complexity index is 658. The summed E-state index contributed by atoms with van der Waals surface area (Å²) in [5.74, 6) is 0.0647. The highest BCUT2D eigenvalue weighted by Crippen LogP contribution is 2.22. The maximum absolute atomic E-state index is 12.7. The second-order valence-corrected chi connectivity index (χ2v) is 7.78. The average Bonchev–Trinajstić information content (AvgIpc) is 2.91. The third kappa shape index (κ3) is 4.67. The predicted molar refractivity (Wildman–Crippen MR) is 99.7 cm³/mol. The van der Waals surface area contributed by atoms with Gasteiger partial charge in [-0.3, -0.25) is 4.79 Å². The summed E-state index contributed by atoms with van der Waals surface area (Å²) in [6.45, 7) is 1.94. The molecule has 0 bridgehead atoms. The lowest BCUT2D eigenvalue weighted by Gasteiger charge is -2.20. The number of hydrogen-bond donors (Lipinski definition) is 1. The van der Waals surface area contributed by atoms with Crippen molar-refractivity contribution in [1.29, 1.82) is 0 Å². The molecule has 3 rings (SSSR count). The highest BCUT2D eigenvalue weighted by Gasteiger charge is 2.19. The second-order valence-electron chi connectivity index (χ2n) is 6.70. The van der Waals surface area contributed by atoms with E-state index >= 15 is 0 Å². The van der Waals surface area contributed by atoms with Crippen molar-refractivity contribution in [2.45, 2.75) is 64.3 Å². The molecule has 1 N–H and O–H groups in total. The lowest BCUT2D eigenvalue weighted by Crippen LogP contribution is -2.35. The Kier molecular flexibility index (Phi) is 6.02. The third-order valence-electron chi connectivity index (χ3n) is 4.69. The van der Waals surface area contributed by atoms with Crippen LogP contribution in [0.3, 0.4) is 0 Å². The monoisotopic (exact) mass is 342 g/mol. The molecular formula is C20H26N2OS. The van der Waals surface area contributed by atoms with Gasteiger partial charge in [0.15, 0.2) is 0 Å². The van der Waals surface area contributed by atoms with E-state index in [0.717, 1.165) is 34.8 Å². The Labute approximate surface area is 148 Å². The minimum atomic E-state index is 0.0647. The molecule has 0 atom stereocenters. The van der Waals surface area contributed by atoms with E-state index in [9.17, 15) is 4.79 Å². The molecule has 1 aromatic carbocycles. The molecule has 1 saturated carbocycles. The lowest BCUT2D eigenvalue weighted by atomic mass is 9.97. The van der Waals surface area contributed by atoms with E-state index in [1.165, 1.54) is 49.0 Å². The molecule has 0 unspecified atom stereocenters. The van der Waals surface area contributed by atoms with E-state index < -0.39 is 0 Å². The standard InChI is InChI=1S/C20H26N2OS/c1-15-19(20(23)22-17-12-8-3-2-4-9-13-17)24-18(21-15)14-16-10-6-5-7-11-16/h5-7,10-11,17H,2-4,8-9,12-14H2,1H3,(H,22,23). The van der Waals surface area contributed by atoms with Crippen LogP contribution >= 0.6 is 11.3 Å². The minimum absolute atomic E-state index is 0.0647. The summed E-state index contributed by atoms with van der Waals surface area (Å²) in [5.41, 5.74) is 2.09. The van der Waals surface area contributed by atoms with Crippen LogP contribution in [-0.2, 0) is 6.42 Å². The predicted octanol–water partition coefficient (Wildman–Crippen LogP) is 4.89. The molecule has 0 saturated heterocycles. The third-order valence-corrected chi connectivity index (χ3v) is 5.84. The van der Waals surface area contributed by atoms with Gasteiger partial charge in [-0.1, -0.05) is 62.4 Å². The van der Waals surface area contributed by atoms with Gasteiger partial charge in [0.1, 0.15) is 4.88 Å². The Morgan fingerprint density at radius 1 is 1.12 bits per heavy atom. The number of hydrogen-bond acceptors (Lipinski definition) is 3. The average molecular weight is 343 g/mol. The summed E-state index contributed by atoms with van der Waals surface area (Å²) in [6, 6.07) is 10.6. The summed E-state index contributed by atoms with van der Waals surface area (Å²) < 4.78 is 0. The van der Waals surface area contributed by atoms with Gasteiger partial charge in [-0.15, -0.1) is 11.3 Å². The maximum Gasteiger partial charge on any atom is 0.263 e. The quantitative estimate of drug-likeness (QED) is 0.860. The van der Waals surface area contributed by atoms with Gasteiger partial charge in [0.25, 0.3) is 5.91 Å². The first-order valence-corrected chi connectivity index (χ1v) is 9.85. The minimum Gasteiger partial charge on any atom is -0.349 e. The number of nitrogens with zero attached hydrogens (tertiary/aromatic N) is 1. The zero-order valence-corrected chi connectivity index (χ0v) is 15.2. The molecule has 1 aliphatic carbocycles. The van der Waals surface area contributed by atoms with Crippen LogP contribution in [-0.4, -0.2) is 16.9 Å². The molecule has 1 amide bonds. The number of carbonyl (C=O) groups is 1. The van der Waals surface area contributed by atoms with Crippen molar-refractivity contribution in [2.75, 3.05) is 0 Å². The van der Waals surface area contributed by atoms with E-state index in [4.69, 9.17) is 0 Å². The van der Waals surface area contributed by atoms with Crippen LogP contribution in [0.25, 0.3) is 0 Å². The largest absolute Gasteiger partial charge is 0.349 e. The topological polar surface area (TPSA) is 42.0 Å². The second kappa shape index (κ2) is 8.43. The van der Waals surface area contributed by atoms with E-state index in [-0.39, 0.29) is 5.91 Å². The van der Waals surface area contributed by atoms with Gasteiger partial charge >= 0.3 is 0 Å². The number of benzene rings is 1. The van der Waals surface area contributed by atoms with Gasteiger partial charge in [-0.25, -0.2) is 4.98 Å². The number of carbonyl (C=O) groups excluding carboxylic acids is 1. The van der Waals surface area contributed by atoms with Crippen molar-refractivity contribution < 1.29 is 4.79 Å². The number of nitrogens with one attached hydrogen (secondary N) is 1. The normalized spacial score (nSPS) is 16.4. The zero-order valence-electron chi connectivity index (χ0n) is 14.4. The molecule has 1 fully saturated rings. The molecule has 4 heteroatoms. The van der Waals surface area contributed by atoms with Gasteiger partial charge in [-0.05, 0) is 25.3 Å². The summed E-state index contributed by atoms with van der Waals surface area (Å²) in [7, 11) is 0. The fraction of sp³-hybridized carbons (Fsp3) is 0.500. The van der Waals surface area contributed by atoms with E-state index in [1.807, 2.05) is 25.1 Å². The summed E-state index contributed by atoms with van der Waals surface area (Å²) >= 11 is 1.54. The first-order chi connectivity index (χ1) is 11.7. The van der Waals surface area contributed by atoms with Crippen molar-refractivity contribution in [2.24, 2.45) is 0 Å². The SMILES string of the molecule is Cc1nc(Cc2ccccc2)sc1C(=O)NC1CCCCCCC1. The molecular weight excluding hydrogens is 316 g/mol. The van der Waals surface area contributed by atoms with Crippen molar-refractivity contribution in [3.63, 3.8) is 0 Å². The first-order valence-electron chi connectivity index (χ1n) is 9.03. The molecule has 128 valence electrons. The summed E-state index contributed by atoms with van der Waals surface area (Å²) in [5, 5.41) is 4.27. The molecule has 2 aromatic rings. The number of thiazole rings is 1. The Morgan fingerprint density at radius 2 is 1.79 bits per heavy atom. The first kappa shape index (κ1) is 17.2. The smallest absolute Gasteiger partial charge is 0.263 e. The number of rotatable bonds is 4. The zero-order chi connectivity index (χ0) is 16.8. The van der Waals surface area contributed by atoms with Crippen molar-refractivity contribution >= 4 is 17.2 Å². The number of aryl methyl sites for hydroxylation is 1. The van der Waals surface area contributed by atoms with Crippen LogP contribution in [0.5, 0.6) is 0 Å². The van der Waals surface area contributed by atoms with Crippen LogP contribution in [0.4, 0.5) is 0 Å². The van der Waals surface area contributed by atoms with Gasteiger partial charge in [0.2, 0.25) is 0 Å². The molecule has 24 heavy (non-hydrogen) atoms. The van der Waals surface area contributed by atoms with Crippen LogP contribution in [0.2, 0.25) is 0 Å². The lowest BCUT2D eigenvalue weighted by molar-refractivity contribution is 0.0934. The highest BCUT2D eigenvalue weighted by molar-refractivity contribution is 7.13. The van der Waals surface area contributed by atoms with Crippen molar-refractivity contribution in [3.05, 3.63) is 51.5 Å². The van der Waals surface area contributed by atoms with Crippen LogP contribution in [0, 0.1) is 6.92 Å². The van der Waals surface area contributed by atoms with Crippen LogP contribution < -0.4 is 5.32 Å². The Morgan fingerprint density at radius 3 is 2.50 bits per heavy atom.